The average molecular weight is 213 g/mol. The Morgan fingerprint density at radius 1 is 1.47 bits per heavy atom. The molecule has 1 rings (SSSR count). The van der Waals surface area contributed by atoms with Crippen molar-refractivity contribution < 1.29 is 14.7 Å². The molecular weight excluding hydrogens is 194 g/mol. The molecule has 1 amide bonds. The van der Waals surface area contributed by atoms with Gasteiger partial charge in [0.15, 0.2) is 0 Å². The molecule has 0 aliphatic heterocycles. The van der Waals surface area contributed by atoms with Gasteiger partial charge in [-0.1, -0.05) is 20.8 Å². The Morgan fingerprint density at radius 2 is 2.00 bits per heavy atom. The van der Waals surface area contributed by atoms with Crippen LogP contribution in [0, 0.1) is 17.8 Å². The molecule has 0 spiro atoms. The minimum atomic E-state index is -0.933. The lowest BCUT2D eigenvalue weighted by molar-refractivity contribution is -0.145. The standard InChI is InChI=1S/C11H19NO3/c1-7(2)5-12(6-10(13)14)11(15)9-4-8(9)3/h7-9H,4-6H2,1-3H3,(H,13,14)/t8-,9-/m1/s1. The van der Waals surface area contributed by atoms with E-state index in [1.807, 2.05) is 20.8 Å². The van der Waals surface area contributed by atoms with Gasteiger partial charge < -0.3 is 10.0 Å². The van der Waals surface area contributed by atoms with Crippen molar-refractivity contribution >= 4 is 11.9 Å². The first-order chi connectivity index (χ1) is 6.91. The zero-order valence-corrected chi connectivity index (χ0v) is 9.56. The minimum absolute atomic E-state index is 0.0126. The summed E-state index contributed by atoms with van der Waals surface area (Å²) in [6.07, 6.45) is 0.910. The summed E-state index contributed by atoms with van der Waals surface area (Å²) in [6, 6.07) is 0. The number of carbonyl (C=O) groups excluding carboxylic acids is 1. The van der Waals surface area contributed by atoms with Gasteiger partial charge in [0.2, 0.25) is 5.91 Å². The predicted octanol–water partition coefficient (Wildman–Crippen LogP) is 1.21. The summed E-state index contributed by atoms with van der Waals surface area (Å²) in [7, 11) is 0. The zero-order chi connectivity index (χ0) is 11.6. The van der Waals surface area contributed by atoms with Crippen LogP contribution in [0.4, 0.5) is 0 Å². The van der Waals surface area contributed by atoms with Crippen LogP contribution in [0.5, 0.6) is 0 Å². The Balaban J connectivity index is 2.54. The number of aliphatic carboxylic acids is 1. The second kappa shape index (κ2) is 4.64. The Kier molecular flexibility index (Phi) is 3.72. The largest absolute Gasteiger partial charge is 0.480 e. The van der Waals surface area contributed by atoms with Gasteiger partial charge in [-0.2, -0.15) is 0 Å². The second-order valence-electron chi connectivity index (χ2n) is 4.83. The van der Waals surface area contributed by atoms with Crippen LogP contribution in [0.25, 0.3) is 0 Å². The normalized spacial score (nSPS) is 24.0. The van der Waals surface area contributed by atoms with E-state index in [0.29, 0.717) is 18.4 Å². The third-order valence-electron chi connectivity index (χ3n) is 2.65. The minimum Gasteiger partial charge on any atom is -0.480 e. The lowest BCUT2D eigenvalue weighted by atomic mass is 10.2. The summed E-state index contributed by atoms with van der Waals surface area (Å²) < 4.78 is 0. The van der Waals surface area contributed by atoms with Crippen molar-refractivity contribution in [3.63, 3.8) is 0 Å². The molecule has 86 valence electrons. The van der Waals surface area contributed by atoms with E-state index in [1.165, 1.54) is 4.90 Å². The Hall–Kier alpha value is -1.06. The second-order valence-corrected chi connectivity index (χ2v) is 4.83. The zero-order valence-electron chi connectivity index (χ0n) is 9.56. The molecule has 0 aromatic rings. The first-order valence-corrected chi connectivity index (χ1v) is 5.42. The summed E-state index contributed by atoms with van der Waals surface area (Å²) in [6.45, 7) is 6.36. The number of carboxylic acids is 1. The number of nitrogens with zero attached hydrogens (tertiary/aromatic N) is 1. The molecule has 0 unspecified atom stereocenters. The Labute approximate surface area is 90.3 Å². The first-order valence-electron chi connectivity index (χ1n) is 5.42. The first kappa shape index (κ1) is 12.0. The summed E-state index contributed by atoms with van der Waals surface area (Å²) in [5, 5.41) is 8.72. The summed E-state index contributed by atoms with van der Waals surface area (Å²) in [5.41, 5.74) is 0. The van der Waals surface area contributed by atoms with Gasteiger partial charge in [0.25, 0.3) is 0 Å². The molecule has 4 heteroatoms. The molecule has 0 bridgehead atoms. The highest BCUT2D eigenvalue weighted by atomic mass is 16.4. The van der Waals surface area contributed by atoms with Gasteiger partial charge in [-0.25, -0.2) is 0 Å². The molecule has 0 aromatic carbocycles. The van der Waals surface area contributed by atoms with Crippen molar-refractivity contribution in [3.05, 3.63) is 0 Å². The van der Waals surface area contributed by atoms with E-state index in [2.05, 4.69) is 0 Å². The topological polar surface area (TPSA) is 57.6 Å². The Morgan fingerprint density at radius 3 is 2.33 bits per heavy atom. The molecule has 1 saturated carbocycles. The van der Waals surface area contributed by atoms with E-state index in [-0.39, 0.29) is 18.4 Å². The van der Waals surface area contributed by atoms with Crippen LogP contribution in [0.2, 0.25) is 0 Å². The van der Waals surface area contributed by atoms with Crippen molar-refractivity contribution in [1.82, 2.24) is 4.90 Å². The number of rotatable bonds is 5. The monoisotopic (exact) mass is 213 g/mol. The van der Waals surface area contributed by atoms with Gasteiger partial charge in [0.05, 0.1) is 0 Å². The van der Waals surface area contributed by atoms with Gasteiger partial charge >= 0.3 is 5.97 Å². The molecule has 0 radical (unpaired) electrons. The van der Waals surface area contributed by atoms with Crippen molar-refractivity contribution in [2.75, 3.05) is 13.1 Å². The highest BCUT2D eigenvalue weighted by molar-refractivity contribution is 5.85. The van der Waals surface area contributed by atoms with E-state index in [1.54, 1.807) is 0 Å². The molecule has 1 aliphatic rings. The third kappa shape index (κ3) is 3.53. The van der Waals surface area contributed by atoms with Crippen LogP contribution in [-0.2, 0) is 9.59 Å². The van der Waals surface area contributed by atoms with Crippen molar-refractivity contribution in [3.8, 4) is 0 Å². The maximum absolute atomic E-state index is 11.8. The summed E-state index contributed by atoms with van der Waals surface area (Å²) in [5.74, 6) is -0.109. The summed E-state index contributed by atoms with van der Waals surface area (Å²) >= 11 is 0. The van der Waals surface area contributed by atoms with Gasteiger partial charge in [0.1, 0.15) is 6.54 Å². The lowest BCUT2D eigenvalue weighted by Crippen LogP contribution is -2.39. The fourth-order valence-corrected chi connectivity index (χ4v) is 1.74. The van der Waals surface area contributed by atoms with Crippen LogP contribution < -0.4 is 0 Å². The molecule has 1 fully saturated rings. The number of carbonyl (C=O) groups is 2. The van der Waals surface area contributed by atoms with E-state index in [4.69, 9.17) is 5.11 Å². The van der Waals surface area contributed by atoms with E-state index in [9.17, 15) is 9.59 Å². The number of hydrogen-bond acceptors (Lipinski definition) is 2. The van der Waals surface area contributed by atoms with Gasteiger partial charge in [-0.15, -0.1) is 0 Å². The van der Waals surface area contributed by atoms with Crippen molar-refractivity contribution in [2.24, 2.45) is 17.8 Å². The maximum Gasteiger partial charge on any atom is 0.323 e. The number of amides is 1. The number of hydrogen-bond donors (Lipinski definition) is 1. The van der Waals surface area contributed by atoms with Crippen molar-refractivity contribution in [1.29, 1.82) is 0 Å². The van der Waals surface area contributed by atoms with Crippen LogP contribution in [-0.4, -0.2) is 35.0 Å². The molecule has 0 heterocycles. The van der Waals surface area contributed by atoms with Crippen LogP contribution >= 0.6 is 0 Å². The third-order valence-corrected chi connectivity index (χ3v) is 2.65. The maximum atomic E-state index is 11.8. The lowest BCUT2D eigenvalue weighted by Gasteiger charge is -2.22. The van der Waals surface area contributed by atoms with Crippen LogP contribution in [0.15, 0.2) is 0 Å². The Bertz CT molecular complexity index is 263. The van der Waals surface area contributed by atoms with E-state index in [0.717, 1.165) is 6.42 Å². The van der Waals surface area contributed by atoms with Gasteiger partial charge in [-0.05, 0) is 18.3 Å². The molecule has 0 saturated heterocycles. The molecule has 0 aromatic heterocycles. The fourth-order valence-electron chi connectivity index (χ4n) is 1.74. The van der Waals surface area contributed by atoms with E-state index >= 15 is 0 Å². The summed E-state index contributed by atoms with van der Waals surface area (Å²) in [4.78, 5) is 23.9. The molecule has 15 heavy (non-hydrogen) atoms. The fraction of sp³-hybridized carbons (Fsp3) is 0.818. The van der Waals surface area contributed by atoms with E-state index < -0.39 is 5.97 Å². The van der Waals surface area contributed by atoms with Crippen LogP contribution in [0.3, 0.4) is 0 Å². The smallest absolute Gasteiger partial charge is 0.323 e. The van der Waals surface area contributed by atoms with Crippen LogP contribution in [0.1, 0.15) is 27.2 Å². The molecule has 4 nitrogen and oxygen atoms in total. The highest BCUT2D eigenvalue weighted by Gasteiger charge is 2.41. The predicted molar refractivity (Wildman–Crippen MR) is 56.3 cm³/mol. The van der Waals surface area contributed by atoms with Gasteiger partial charge in [-0.3, -0.25) is 9.59 Å². The van der Waals surface area contributed by atoms with Gasteiger partial charge in [0, 0.05) is 12.5 Å². The SMILES string of the molecule is CC(C)CN(CC(=O)O)C(=O)[C@@H]1C[C@H]1C. The molecule has 2 atom stereocenters. The number of carboxylic acid groups (broad SMARTS) is 1. The quantitative estimate of drug-likeness (QED) is 0.746. The molecule has 1 N–H and O–H groups in total. The average Bonchev–Trinajstić information content (AvgIpc) is 2.78. The molecule has 1 aliphatic carbocycles. The van der Waals surface area contributed by atoms with Crippen molar-refractivity contribution in [2.45, 2.75) is 27.2 Å². The highest BCUT2D eigenvalue weighted by Crippen LogP contribution is 2.39. The molecular formula is C11H19NO3.